The molecule has 1 amide bonds. The molecule has 0 atom stereocenters. The smallest absolute Gasteiger partial charge is 0.256 e. The van der Waals surface area contributed by atoms with Crippen molar-refractivity contribution in [2.24, 2.45) is 0 Å². The van der Waals surface area contributed by atoms with Crippen LogP contribution in [0.25, 0.3) is 0 Å². The van der Waals surface area contributed by atoms with Crippen LogP contribution in [0.2, 0.25) is 0 Å². The number of nitrogens with one attached hydrogen (secondary N) is 2. The molecule has 2 N–H and O–H groups in total. The van der Waals surface area contributed by atoms with E-state index in [1.807, 2.05) is 18.2 Å². The molecule has 0 fully saturated rings. The number of hydrogen-bond donors (Lipinski definition) is 2. The maximum absolute atomic E-state index is 12.5. The Labute approximate surface area is 146 Å². The van der Waals surface area contributed by atoms with Gasteiger partial charge in [-0.2, -0.15) is 0 Å². The average molecular weight is 364 g/mol. The second kappa shape index (κ2) is 7.72. The molecule has 24 heavy (non-hydrogen) atoms. The molecule has 7 heteroatoms. The van der Waals surface area contributed by atoms with Crippen LogP contribution in [0.5, 0.6) is 0 Å². The quantitative estimate of drug-likeness (QED) is 0.764. The topological polar surface area (TPSA) is 75.3 Å². The molecule has 0 aliphatic rings. The third kappa shape index (κ3) is 5.58. The van der Waals surface area contributed by atoms with Gasteiger partial charge in [-0.3, -0.25) is 9.52 Å². The van der Waals surface area contributed by atoms with Crippen LogP contribution in [0.4, 0.5) is 11.4 Å². The average Bonchev–Trinajstić information content (AvgIpc) is 2.47. The summed E-state index contributed by atoms with van der Waals surface area (Å²) in [6.07, 6.45) is 1.09. The number of anilines is 2. The minimum atomic E-state index is -3.31. The van der Waals surface area contributed by atoms with Gasteiger partial charge in [0.2, 0.25) is 10.0 Å². The van der Waals surface area contributed by atoms with Crippen LogP contribution in [-0.2, 0) is 10.0 Å². The second-order valence-electron chi connectivity index (χ2n) is 5.57. The van der Waals surface area contributed by atoms with Crippen LogP contribution >= 0.6 is 11.8 Å². The molecule has 0 radical (unpaired) electrons. The molecule has 128 valence electrons. The molecule has 0 spiro atoms. The van der Waals surface area contributed by atoms with Gasteiger partial charge in [0, 0.05) is 21.5 Å². The number of hydrogen-bond acceptors (Lipinski definition) is 4. The van der Waals surface area contributed by atoms with Crippen LogP contribution in [0.3, 0.4) is 0 Å². The van der Waals surface area contributed by atoms with E-state index in [0.29, 0.717) is 22.2 Å². The fourth-order valence-corrected chi connectivity index (χ4v) is 3.56. The molecule has 2 aromatic carbocycles. The highest BCUT2D eigenvalue weighted by Gasteiger charge is 2.13. The number of benzene rings is 2. The molecule has 5 nitrogen and oxygen atoms in total. The summed E-state index contributed by atoms with van der Waals surface area (Å²) in [4.78, 5) is 13.4. The predicted molar refractivity (Wildman–Crippen MR) is 100 cm³/mol. The zero-order chi connectivity index (χ0) is 17.7. The van der Waals surface area contributed by atoms with Crippen molar-refractivity contribution in [3.63, 3.8) is 0 Å². The van der Waals surface area contributed by atoms with Gasteiger partial charge in [0.05, 0.1) is 11.8 Å². The Morgan fingerprint density at radius 1 is 1.00 bits per heavy atom. The molecule has 0 heterocycles. The summed E-state index contributed by atoms with van der Waals surface area (Å²) in [5.74, 6) is -0.192. The number of amides is 1. The maximum Gasteiger partial charge on any atom is 0.256 e. The van der Waals surface area contributed by atoms with E-state index < -0.39 is 10.0 Å². The lowest BCUT2D eigenvalue weighted by molar-refractivity contribution is 0.102. The van der Waals surface area contributed by atoms with E-state index in [4.69, 9.17) is 0 Å². The lowest BCUT2D eigenvalue weighted by Crippen LogP contribution is -2.13. The molecule has 2 rings (SSSR count). The molecule has 0 unspecified atom stereocenters. The molecule has 2 aromatic rings. The van der Waals surface area contributed by atoms with Crippen molar-refractivity contribution in [2.45, 2.75) is 24.0 Å². The van der Waals surface area contributed by atoms with Gasteiger partial charge < -0.3 is 5.32 Å². The third-order valence-electron chi connectivity index (χ3n) is 2.94. The highest BCUT2D eigenvalue weighted by molar-refractivity contribution is 8.00. The van der Waals surface area contributed by atoms with Gasteiger partial charge in [0.15, 0.2) is 0 Å². The Bertz CT molecular complexity index is 816. The van der Waals surface area contributed by atoms with Crippen LogP contribution < -0.4 is 10.0 Å². The number of rotatable bonds is 6. The monoisotopic (exact) mass is 364 g/mol. The van der Waals surface area contributed by atoms with Gasteiger partial charge >= 0.3 is 0 Å². The van der Waals surface area contributed by atoms with Gasteiger partial charge in [-0.15, -0.1) is 11.8 Å². The largest absolute Gasteiger partial charge is 0.322 e. The van der Waals surface area contributed by atoms with Crippen molar-refractivity contribution < 1.29 is 13.2 Å². The summed E-state index contributed by atoms with van der Waals surface area (Å²) in [5.41, 5.74) is 1.67. The molecule has 0 saturated heterocycles. The highest BCUT2D eigenvalue weighted by atomic mass is 32.2. The van der Waals surface area contributed by atoms with Gasteiger partial charge in [-0.1, -0.05) is 26.0 Å². The number of carbonyl (C=O) groups is 1. The van der Waals surface area contributed by atoms with E-state index in [-0.39, 0.29) is 5.91 Å². The van der Waals surface area contributed by atoms with Gasteiger partial charge in [-0.05, 0) is 36.4 Å². The fraction of sp³-hybridized carbons (Fsp3) is 0.235. The fourth-order valence-electron chi connectivity index (χ4n) is 2.05. The summed E-state index contributed by atoms with van der Waals surface area (Å²) in [5, 5.41) is 3.21. The Morgan fingerprint density at radius 3 is 2.17 bits per heavy atom. The zero-order valence-electron chi connectivity index (χ0n) is 13.7. The van der Waals surface area contributed by atoms with E-state index >= 15 is 0 Å². The molecular weight excluding hydrogens is 344 g/mol. The van der Waals surface area contributed by atoms with Crippen molar-refractivity contribution in [2.75, 3.05) is 16.3 Å². The van der Waals surface area contributed by atoms with E-state index in [1.54, 1.807) is 42.1 Å². The third-order valence-corrected chi connectivity index (χ3v) is 4.63. The molecule has 0 bridgehead atoms. The van der Waals surface area contributed by atoms with E-state index in [2.05, 4.69) is 23.9 Å². The summed E-state index contributed by atoms with van der Waals surface area (Å²) in [6.45, 7) is 4.15. The second-order valence-corrected chi connectivity index (χ2v) is 8.94. The van der Waals surface area contributed by atoms with E-state index in [0.717, 1.165) is 11.2 Å². The van der Waals surface area contributed by atoms with Crippen molar-refractivity contribution in [1.82, 2.24) is 0 Å². The van der Waals surface area contributed by atoms with E-state index in [1.165, 1.54) is 0 Å². The molecule has 0 aliphatic carbocycles. The first-order chi connectivity index (χ1) is 11.2. The van der Waals surface area contributed by atoms with Gasteiger partial charge in [-0.25, -0.2) is 8.42 Å². The van der Waals surface area contributed by atoms with Crippen LogP contribution in [0.1, 0.15) is 24.2 Å². The number of sulfonamides is 1. The lowest BCUT2D eigenvalue weighted by Gasteiger charge is -2.12. The molecule has 0 aromatic heterocycles. The summed E-state index contributed by atoms with van der Waals surface area (Å²) >= 11 is 1.64. The van der Waals surface area contributed by atoms with Crippen molar-refractivity contribution in [3.8, 4) is 0 Å². The normalized spacial score (nSPS) is 11.3. The Morgan fingerprint density at radius 2 is 1.58 bits per heavy atom. The SMILES string of the molecule is CC(C)Sc1ccccc1C(=O)Nc1ccc(NS(C)(=O)=O)cc1. The summed E-state index contributed by atoms with van der Waals surface area (Å²) in [7, 11) is -3.31. The van der Waals surface area contributed by atoms with Crippen LogP contribution in [0, 0.1) is 0 Å². The van der Waals surface area contributed by atoms with Crippen molar-refractivity contribution in [1.29, 1.82) is 0 Å². The number of thioether (sulfide) groups is 1. The van der Waals surface area contributed by atoms with Gasteiger partial charge in [0.25, 0.3) is 5.91 Å². The zero-order valence-corrected chi connectivity index (χ0v) is 15.4. The minimum Gasteiger partial charge on any atom is -0.322 e. The summed E-state index contributed by atoms with van der Waals surface area (Å²) < 4.78 is 24.8. The maximum atomic E-state index is 12.5. The molecule has 0 saturated carbocycles. The minimum absolute atomic E-state index is 0.192. The lowest BCUT2D eigenvalue weighted by atomic mass is 10.2. The first kappa shape index (κ1) is 18.4. The molecular formula is C17H20N2O3S2. The predicted octanol–water partition coefficient (Wildman–Crippen LogP) is 3.81. The van der Waals surface area contributed by atoms with Gasteiger partial charge in [0.1, 0.15) is 0 Å². The first-order valence-electron chi connectivity index (χ1n) is 7.39. The standard InChI is InChI=1S/C17H20N2O3S2/c1-12(2)23-16-7-5-4-6-15(16)17(20)18-13-8-10-14(11-9-13)19-24(3,21)22/h4-12,19H,1-3H3,(H,18,20). The van der Waals surface area contributed by atoms with Crippen LogP contribution in [-0.4, -0.2) is 25.8 Å². The van der Waals surface area contributed by atoms with Crippen molar-refractivity contribution >= 4 is 39.1 Å². The Hall–Kier alpha value is -1.99. The molecule has 0 aliphatic heterocycles. The van der Waals surface area contributed by atoms with E-state index in [9.17, 15) is 13.2 Å². The Balaban J connectivity index is 2.13. The number of carbonyl (C=O) groups excluding carboxylic acids is 1. The summed E-state index contributed by atoms with van der Waals surface area (Å²) in [6, 6.07) is 14.0. The first-order valence-corrected chi connectivity index (χ1v) is 10.2. The van der Waals surface area contributed by atoms with Crippen molar-refractivity contribution in [3.05, 3.63) is 54.1 Å². The Kier molecular flexibility index (Phi) is 5.90. The van der Waals surface area contributed by atoms with Crippen LogP contribution in [0.15, 0.2) is 53.4 Å². The highest BCUT2D eigenvalue weighted by Crippen LogP contribution is 2.27.